The number of aromatic nitrogens is 2. The molecule has 140 valence electrons. The number of hydrogen-bond donors (Lipinski definition) is 1. The maximum absolute atomic E-state index is 12.8. The minimum atomic E-state index is -3.49. The lowest BCUT2D eigenvalue weighted by molar-refractivity contribution is -0.119. The molecule has 1 N–H and O–H groups in total. The first-order valence-electron chi connectivity index (χ1n) is 8.70. The highest BCUT2D eigenvalue weighted by molar-refractivity contribution is 7.89. The number of sulfonamides is 1. The van der Waals surface area contributed by atoms with Crippen LogP contribution in [0.5, 0.6) is 0 Å². The molecule has 2 heterocycles. The molecular weight excluding hydrogens is 352 g/mol. The second-order valence-electron chi connectivity index (χ2n) is 6.69. The lowest BCUT2D eigenvalue weighted by atomic mass is 10.1. The van der Waals surface area contributed by atoms with Gasteiger partial charge in [-0.25, -0.2) is 8.42 Å². The van der Waals surface area contributed by atoms with E-state index >= 15 is 0 Å². The third kappa shape index (κ3) is 4.13. The molecule has 1 aromatic carbocycles. The van der Waals surface area contributed by atoms with Gasteiger partial charge in [0.1, 0.15) is 0 Å². The van der Waals surface area contributed by atoms with E-state index in [2.05, 4.69) is 10.4 Å². The van der Waals surface area contributed by atoms with Gasteiger partial charge in [-0.3, -0.25) is 9.48 Å². The molecule has 0 radical (unpaired) electrons. The zero-order chi connectivity index (χ0) is 18.7. The van der Waals surface area contributed by atoms with Gasteiger partial charge in [0.05, 0.1) is 17.1 Å². The second kappa shape index (κ2) is 7.59. The van der Waals surface area contributed by atoms with E-state index in [9.17, 15) is 13.2 Å². The van der Waals surface area contributed by atoms with Crippen LogP contribution in [0.2, 0.25) is 0 Å². The fourth-order valence-electron chi connectivity index (χ4n) is 3.13. The van der Waals surface area contributed by atoms with Crippen molar-refractivity contribution in [3.8, 4) is 0 Å². The zero-order valence-corrected chi connectivity index (χ0v) is 15.9. The summed E-state index contributed by atoms with van der Waals surface area (Å²) >= 11 is 0. The van der Waals surface area contributed by atoms with Crippen LogP contribution in [0.25, 0.3) is 0 Å². The van der Waals surface area contributed by atoms with Gasteiger partial charge in [0.2, 0.25) is 15.9 Å². The molecule has 1 aliphatic heterocycles. The van der Waals surface area contributed by atoms with Gasteiger partial charge in [0, 0.05) is 32.8 Å². The molecule has 7 nitrogen and oxygen atoms in total. The van der Waals surface area contributed by atoms with E-state index in [1.54, 1.807) is 28.6 Å². The summed E-state index contributed by atoms with van der Waals surface area (Å²) in [5.41, 5.74) is 1.98. The van der Waals surface area contributed by atoms with Crippen molar-refractivity contribution in [3.63, 3.8) is 0 Å². The molecule has 3 rings (SSSR count). The smallest absolute Gasteiger partial charge is 0.243 e. The number of carbonyl (C=O) groups excluding carboxylic acids is 1. The highest BCUT2D eigenvalue weighted by Crippen LogP contribution is 2.26. The monoisotopic (exact) mass is 376 g/mol. The average Bonchev–Trinajstić information content (AvgIpc) is 3.07. The largest absolute Gasteiger partial charge is 0.352 e. The van der Waals surface area contributed by atoms with E-state index in [0.717, 1.165) is 24.0 Å². The van der Waals surface area contributed by atoms with E-state index in [1.165, 1.54) is 6.92 Å². The van der Waals surface area contributed by atoms with E-state index in [4.69, 9.17) is 0 Å². The van der Waals surface area contributed by atoms with Crippen LogP contribution in [-0.4, -0.2) is 41.5 Å². The standard InChI is InChI=1S/C18H24N4O3S/c1-14-11-20-22(13-14)17-7-9-21(10-8-17)26(24,25)18-5-3-16(4-6-18)12-19-15(2)23/h3-6,11,13,17H,7-10,12H2,1-2H3,(H,19,23). The van der Waals surface area contributed by atoms with Crippen molar-refractivity contribution < 1.29 is 13.2 Å². The van der Waals surface area contributed by atoms with E-state index in [1.807, 2.05) is 24.0 Å². The molecule has 8 heteroatoms. The van der Waals surface area contributed by atoms with E-state index < -0.39 is 10.0 Å². The summed E-state index contributed by atoms with van der Waals surface area (Å²) in [6.07, 6.45) is 5.33. The van der Waals surface area contributed by atoms with Crippen LogP contribution in [0, 0.1) is 6.92 Å². The number of carbonyl (C=O) groups is 1. The molecule has 26 heavy (non-hydrogen) atoms. The average molecular weight is 376 g/mol. The summed E-state index contributed by atoms with van der Waals surface area (Å²) < 4.78 is 29.2. The number of nitrogens with zero attached hydrogens (tertiary/aromatic N) is 3. The lowest BCUT2D eigenvalue weighted by Gasteiger charge is -2.31. The van der Waals surface area contributed by atoms with E-state index in [-0.39, 0.29) is 16.8 Å². The Bertz CT molecular complexity index is 866. The van der Waals surface area contributed by atoms with Crippen LogP contribution in [0.1, 0.15) is 36.9 Å². The molecule has 0 bridgehead atoms. The fraction of sp³-hybridized carbons (Fsp3) is 0.444. The number of rotatable bonds is 5. The molecule has 0 aliphatic carbocycles. The number of amides is 1. The van der Waals surface area contributed by atoms with Crippen molar-refractivity contribution >= 4 is 15.9 Å². The van der Waals surface area contributed by atoms with Crippen LogP contribution in [0.15, 0.2) is 41.6 Å². The quantitative estimate of drug-likeness (QED) is 0.863. The predicted octanol–water partition coefficient (Wildman–Crippen LogP) is 1.85. The summed E-state index contributed by atoms with van der Waals surface area (Å²) in [6, 6.07) is 6.94. The first kappa shape index (κ1) is 18.6. The first-order chi connectivity index (χ1) is 12.4. The molecule has 1 aromatic heterocycles. The third-order valence-corrected chi connectivity index (χ3v) is 6.54. The Morgan fingerprint density at radius 3 is 2.42 bits per heavy atom. The highest BCUT2D eigenvalue weighted by atomic mass is 32.2. The highest BCUT2D eigenvalue weighted by Gasteiger charge is 2.30. The number of hydrogen-bond acceptors (Lipinski definition) is 4. The van der Waals surface area contributed by atoms with Gasteiger partial charge in [-0.15, -0.1) is 0 Å². The summed E-state index contributed by atoms with van der Waals surface area (Å²) in [5, 5.41) is 7.04. The minimum Gasteiger partial charge on any atom is -0.352 e. The van der Waals surface area contributed by atoms with Crippen LogP contribution >= 0.6 is 0 Å². The molecule has 1 fully saturated rings. The third-order valence-electron chi connectivity index (χ3n) is 4.63. The summed E-state index contributed by atoms with van der Waals surface area (Å²) in [7, 11) is -3.49. The summed E-state index contributed by atoms with van der Waals surface area (Å²) in [6.45, 7) is 4.81. The predicted molar refractivity (Wildman–Crippen MR) is 98.0 cm³/mol. The van der Waals surface area contributed by atoms with Gasteiger partial charge in [0.25, 0.3) is 0 Å². The Balaban J connectivity index is 1.64. The van der Waals surface area contributed by atoms with Crippen LogP contribution in [-0.2, 0) is 21.4 Å². The molecule has 0 saturated carbocycles. The first-order valence-corrected chi connectivity index (χ1v) is 10.1. The number of nitrogens with one attached hydrogen (secondary N) is 1. The normalized spacial score (nSPS) is 16.5. The molecule has 0 atom stereocenters. The number of benzene rings is 1. The molecule has 1 aliphatic rings. The zero-order valence-electron chi connectivity index (χ0n) is 15.1. The van der Waals surface area contributed by atoms with Crippen molar-refractivity contribution in [2.24, 2.45) is 0 Å². The molecule has 0 spiro atoms. The number of aryl methyl sites for hydroxylation is 1. The molecular formula is C18H24N4O3S. The van der Waals surface area contributed by atoms with Crippen molar-refractivity contribution in [2.75, 3.05) is 13.1 Å². The Morgan fingerprint density at radius 1 is 1.23 bits per heavy atom. The van der Waals surface area contributed by atoms with Gasteiger partial charge in [0.15, 0.2) is 0 Å². The fourth-order valence-corrected chi connectivity index (χ4v) is 4.60. The van der Waals surface area contributed by atoms with Gasteiger partial charge in [-0.1, -0.05) is 12.1 Å². The molecule has 2 aromatic rings. The maximum Gasteiger partial charge on any atom is 0.243 e. The van der Waals surface area contributed by atoms with Crippen LogP contribution in [0.3, 0.4) is 0 Å². The van der Waals surface area contributed by atoms with Crippen molar-refractivity contribution in [3.05, 3.63) is 47.8 Å². The van der Waals surface area contributed by atoms with Gasteiger partial charge in [-0.05, 0) is 43.0 Å². The van der Waals surface area contributed by atoms with Crippen molar-refractivity contribution in [1.29, 1.82) is 0 Å². The van der Waals surface area contributed by atoms with Crippen molar-refractivity contribution in [1.82, 2.24) is 19.4 Å². The lowest BCUT2D eigenvalue weighted by Crippen LogP contribution is -2.39. The Labute approximate surface area is 154 Å². The van der Waals surface area contributed by atoms with E-state index in [0.29, 0.717) is 19.6 Å². The van der Waals surface area contributed by atoms with Gasteiger partial charge >= 0.3 is 0 Å². The minimum absolute atomic E-state index is 0.114. The topological polar surface area (TPSA) is 84.3 Å². The SMILES string of the molecule is CC(=O)NCc1ccc(S(=O)(=O)N2CCC(n3cc(C)cn3)CC2)cc1. The molecule has 1 amide bonds. The Morgan fingerprint density at radius 2 is 1.88 bits per heavy atom. The van der Waals surface area contributed by atoms with Crippen LogP contribution < -0.4 is 5.32 Å². The van der Waals surface area contributed by atoms with Gasteiger partial charge in [-0.2, -0.15) is 9.40 Å². The van der Waals surface area contributed by atoms with Crippen LogP contribution in [0.4, 0.5) is 0 Å². The molecule has 0 unspecified atom stereocenters. The summed E-state index contributed by atoms with van der Waals surface area (Å²) in [4.78, 5) is 11.2. The second-order valence-corrected chi connectivity index (χ2v) is 8.62. The Kier molecular flexibility index (Phi) is 5.43. The van der Waals surface area contributed by atoms with Crippen molar-refractivity contribution in [2.45, 2.75) is 44.2 Å². The Hall–Kier alpha value is -2.19. The maximum atomic E-state index is 12.8. The van der Waals surface area contributed by atoms with Gasteiger partial charge < -0.3 is 5.32 Å². The molecule has 1 saturated heterocycles. The summed E-state index contributed by atoms with van der Waals surface area (Å²) in [5.74, 6) is -0.114. The number of piperidine rings is 1.